The van der Waals surface area contributed by atoms with Gasteiger partial charge in [0.15, 0.2) is 5.96 Å². The number of aliphatic imine (C=N–C) groups is 1. The molecule has 0 saturated carbocycles. The van der Waals surface area contributed by atoms with Crippen LogP contribution in [0.5, 0.6) is 0 Å². The third kappa shape index (κ3) is 6.46. The molecule has 2 fully saturated rings. The van der Waals surface area contributed by atoms with Gasteiger partial charge < -0.3 is 20.7 Å². The van der Waals surface area contributed by atoms with Crippen LogP contribution in [0.4, 0.5) is 0 Å². The minimum Gasteiger partial charge on any atom is -0.381 e. The van der Waals surface area contributed by atoms with Crippen LogP contribution < -0.4 is 11.1 Å². The van der Waals surface area contributed by atoms with Gasteiger partial charge >= 0.3 is 0 Å². The molecule has 0 bridgehead atoms. The van der Waals surface area contributed by atoms with Gasteiger partial charge in [-0.3, -0.25) is 9.79 Å². The Bertz CT molecular complexity index is 710. The van der Waals surface area contributed by atoms with Gasteiger partial charge in [-0.25, -0.2) is 0 Å². The Hall–Kier alpha value is -1.06. The van der Waals surface area contributed by atoms with Crippen LogP contribution in [0, 0.1) is 5.92 Å². The number of benzene rings is 1. The summed E-state index contributed by atoms with van der Waals surface area (Å²) >= 11 is 6.27. The molecule has 6 nitrogen and oxygen atoms in total. The van der Waals surface area contributed by atoms with E-state index in [0.717, 1.165) is 69.5 Å². The highest BCUT2D eigenvalue weighted by Gasteiger charge is 2.35. The molecule has 1 aromatic carbocycles. The summed E-state index contributed by atoms with van der Waals surface area (Å²) in [7, 11) is 1.82. The van der Waals surface area contributed by atoms with Gasteiger partial charge in [-0.1, -0.05) is 23.7 Å². The van der Waals surface area contributed by atoms with Crippen molar-refractivity contribution in [3.05, 3.63) is 34.9 Å². The molecular weight excluding hydrogens is 503 g/mol. The molecule has 8 heteroatoms. The molecule has 2 saturated heterocycles. The summed E-state index contributed by atoms with van der Waals surface area (Å²) < 4.78 is 5.63. The van der Waals surface area contributed by atoms with E-state index < -0.39 is 0 Å². The highest BCUT2D eigenvalue weighted by molar-refractivity contribution is 14.0. The Morgan fingerprint density at radius 1 is 1.41 bits per heavy atom. The highest BCUT2D eigenvalue weighted by Crippen LogP contribution is 2.35. The van der Waals surface area contributed by atoms with E-state index in [1.165, 1.54) is 5.56 Å². The van der Waals surface area contributed by atoms with Crippen LogP contribution in [0.2, 0.25) is 5.02 Å². The summed E-state index contributed by atoms with van der Waals surface area (Å²) in [5, 5.41) is 4.36. The van der Waals surface area contributed by atoms with Gasteiger partial charge in [-0.15, -0.1) is 24.0 Å². The predicted molar refractivity (Wildman–Crippen MR) is 128 cm³/mol. The number of carbonyl (C=O) groups is 1. The minimum absolute atomic E-state index is 0. The Kier molecular flexibility index (Phi) is 9.49. The molecular formula is C21H32ClIN4O2. The van der Waals surface area contributed by atoms with Gasteiger partial charge in [-0.2, -0.15) is 0 Å². The number of halogens is 2. The van der Waals surface area contributed by atoms with Gasteiger partial charge in [0.05, 0.1) is 0 Å². The van der Waals surface area contributed by atoms with Crippen molar-refractivity contribution in [2.45, 2.75) is 37.5 Å². The topological polar surface area (TPSA) is 80.0 Å². The van der Waals surface area contributed by atoms with E-state index in [4.69, 9.17) is 22.1 Å². The summed E-state index contributed by atoms with van der Waals surface area (Å²) in [6.07, 6.45) is 4.42. The van der Waals surface area contributed by atoms with Gasteiger partial charge in [0.1, 0.15) is 0 Å². The number of guanidine groups is 1. The van der Waals surface area contributed by atoms with Gasteiger partial charge in [0.25, 0.3) is 0 Å². The quantitative estimate of drug-likeness (QED) is 0.346. The maximum absolute atomic E-state index is 11.3. The lowest BCUT2D eigenvalue weighted by molar-refractivity contribution is -0.119. The Morgan fingerprint density at radius 3 is 2.83 bits per heavy atom. The molecule has 1 amide bonds. The standard InChI is InChI=1S/C21H31ClN4O2.HI/c1-24-20(26-9-3-4-16(14-26)12-19(23)27)25-15-21(7-10-28-11-8-21)17-5-2-6-18(22)13-17;/h2,5-6,13,16H,3-4,7-12,14-15H2,1H3,(H2,23,27)(H,24,25);1H. The molecule has 3 rings (SSSR count). The molecule has 2 heterocycles. The monoisotopic (exact) mass is 534 g/mol. The third-order valence-corrected chi connectivity index (χ3v) is 6.23. The van der Waals surface area contributed by atoms with Crippen molar-refractivity contribution in [3.63, 3.8) is 0 Å². The predicted octanol–water partition coefficient (Wildman–Crippen LogP) is 3.17. The van der Waals surface area contributed by atoms with Crippen molar-refractivity contribution in [2.24, 2.45) is 16.6 Å². The van der Waals surface area contributed by atoms with Gasteiger partial charge in [-0.05, 0) is 49.3 Å². The van der Waals surface area contributed by atoms with E-state index in [9.17, 15) is 4.79 Å². The van der Waals surface area contributed by atoms with E-state index in [2.05, 4.69) is 27.3 Å². The summed E-state index contributed by atoms with van der Waals surface area (Å²) in [4.78, 5) is 18.1. The van der Waals surface area contributed by atoms with E-state index >= 15 is 0 Å². The number of likely N-dealkylation sites (tertiary alicyclic amines) is 1. The number of nitrogens with one attached hydrogen (secondary N) is 1. The SMILES string of the molecule is CN=C(NCC1(c2cccc(Cl)c2)CCOCC1)N1CCCC(CC(N)=O)C1.I. The van der Waals surface area contributed by atoms with Crippen molar-refractivity contribution in [1.29, 1.82) is 0 Å². The first-order valence-electron chi connectivity index (χ1n) is 10.1. The maximum Gasteiger partial charge on any atom is 0.217 e. The van der Waals surface area contributed by atoms with Crippen LogP contribution in [-0.2, 0) is 14.9 Å². The number of rotatable bonds is 5. The van der Waals surface area contributed by atoms with Crippen molar-refractivity contribution >= 4 is 47.4 Å². The first-order chi connectivity index (χ1) is 13.5. The number of nitrogens with zero attached hydrogens (tertiary/aromatic N) is 2. The molecule has 0 aromatic heterocycles. The smallest absolute Gasteiger partial charge is 0.217 e. The molecule has 2 aliphatic rings. The number of carbonyl (C=O) groups excluding carboxylic acids is 1. The first-order valence-corrected chi connectivity index (χ1v) is 10.5. The summed E-state index contributed by atoms with van der Waals surface area (Å²) in [6.45, 7) is 4.03. The zero-order chi connectivity index (χ0) is 20.0. The lowest BCUT2D eigenvalue weighted by atomic mass is 9.74. The van der Waals surface area contributed by atoms with Gasteiger partial charge in [0, 0.05) is 56.8 Å². The molecule has 1 unspecified atom stereocenters. The second kappa shape index (κ2) is 11.4. The molecule has 0 spiro atoms. The number of hydrogen-bond donors (Lipinski definition) is 2. The Labute approximate surface area is 195 Å². The zero-order valence-corrected chi connectivity index (χ0v) is 20.1. The summed E-state index contributed by atoms with van der Waals surface area (Å²) in [6, 6.07) is 8.16. The van der Waals surface area contributed by atoms with E-state index in [-0.39, 0.29) is 35.3 Å². The second-order valence-electron chi connectivity index (χ2n) is 7.93. The molecule has 2 aliphatic heterocycles. The molecule has 0 radical (unpaired) electrons. The number of nitrogens with two attached hydrogens (primary N) is 1. The largest absolute Gasteiger partial charge is 0.381 e. The Morgan fingerprint density at radius 2 is 2.17 bits per heavy atom. The summed E-state index contributed by atoms with van der Waals surface area (Å²) in [5.74, 6) is 0.966. The lowest BCUT2D eigenvalue weighted by Crippen LogP contribution is -2.51. The van der Waals surface area contributed by atoms with E-state index in [1.807, 2.05) is 19.2 Å². The number of hydrogen-bond acceptors (Lipinski definition) is 3. The van der Waals surface area contributed by atoms with Gasteiger partial charge in [0.2, 0.25) is 5.91 Å². The maximum atomic E-state index is 11.3. The fraction of sp³-hybridized carbons (Fsp3) is 0.619. The normalized spacial score (nSPS) is 21.9. The second-order valence-corrected chi connectivity index (χ2v) is 8.36. The van der Waals surface area contributed by atoms with Crippen LogP contribution in [0.3, 0.4) is 0 Å². The van der Waals surface area contributed by atoms with Crippen LogP contribution in [-0.4, -0.2) is 56.7 Å². The van der Waals surface area contributed by atoms with E-state index in [0.29, 0.717) is 12.3 Å². The van der Waals surface area contributed by atoms with E-state index in [1.54, 1.807) is 0 Å². The van der Waals surface area contributed by atoms with Crippen LogP contribution >= 0.6 is 35.6 Å². The molecule has 1 aromatic rings. The number of ether oxygens (including phenoxy) is 1. The Balaban J connectivity index is 0.00000300. The molecule has 29 heavy (non-hydrogen) atoms. The average Bonchev–Trinajstić information content (AvgIpc) is 2.69. The molecule has 162 valence electrons. The van der Waals surface area contributed by atoms with Crippen molar-refractivity contribution in [1.82, 2.24) is 10.2 Å². The lowest BCUT2D eigenvalue weighted by Gasteiger charge is -2.40. The van der Waals surface area contributed by atoms with Crippen molar-refractivity contribution < 1.29 is 9.53 Å². The third-order valence-electron chi connectivity index (χ3n) is 5.99. The molecule has 1 atom stereocenters. The fourth-order valence-corrected chi connectivity index (χ4v) is 4.63. The van der Waals surface area contributed by atoms with Crippen LogP contribution in [0.15, 0.2) is 29.3 Å². The molecule has 3 N–H and O–H groups in total. The summed E-state index contributed by atoms with van der Waals surface area (Å²) in [5.41, 5.74) is 6.62. The number of amides is 1. The fourth-order valence-electron chi connectivity index (χ4n) is 4.44. The number of piperidine rings is 1. The highest BCUT2D eigenvalue weighted by atomic mass is 127. The minimum atomic E-state index is -0.225. The van der Waals surface area contributed by atoms with Crippen molar-refractivity contribution in [3.8, 4) is 0 Å². The first kappa shape index (κ1) is 24.2. The van der Waals surface area contributed by atoms with Crippen LogP contribution in [0.1, 0.15) is 37.7 Å². The molecule has 0 aliphatic carbocycles. The average molecular weight is 535 g/mol. The number of primary amides is 1. The van der Waals surface area contributed by atoms with Crippen molar-refractivity contribution in [2.75, 3.05) is 39.9 Å². The van der Waals surface area contributed by atoms with Crippen LogP contribution in [0.25, 0.3) is 0 Å². The zero-order valence-electron chi connectivity index (χ0n) is 17.0.